The Bertz CT molecular complexity index is 817. The molecular weight excluding hydrogens is 384 g/mol. The molecular formula is C23H28N2O5. The van der Waals surface area contributed by atoms with E-state index in [1.54, 1.807) is 12.4 Å². The van der Waals surface area contributed by atoms with E-state index in [4.69, 9.17) is 18.9 Å². The zero-order chi connectivity index (χ0) is 21.0. The highest BCUT2D eigenvalue weighted by molar-refractivity contribution is 5.67. The van der Waals surface area contributed by atoms with Crippen molar-refractivity contribution in [3.8, 4) is 11.8 Å². The number of pyridine rings is 2. The molecule has 0 aromatic carbocycles. The van der Waals surface area contributed by atoms with Gasteiger partial charge < -0.3 is 18.9 Å². The van der Waals surface area contributed by atoms with E-state index in [2.05, 4.69) is 23.8 Å². The SMILES string of the molecule is CC1(c2cccnc2OC(=O)Oc2ncccc2C2(C)CCOCC2)CCOCC1. The molecule has 2 aliphatic rings. The molecule has 0 atom stereocenters. The highest BCUT2D eigenvalue weighted by Crippen LogP contribution is 2.40. The van der Waals surface area contributed by atoms with Gasteiger partial charge in [0.05, 0.1) is 0 Å². The van der Waals surface area contributed by atoms with Gasteiger partial charge in [0.1, 0.15) is 0 Å². The van der Waals surface area contributed by atoms with Crippen molar-refractivity contribution in [3.63, 3.8) is 0 Å². The number of hydrogen-bond acceptors (Lipinski definition) is 7. The topological polar surface area (TPSA) is 79.8 Å². The van der Waals surface area contributed by atoms with Crippen LogP contribution in [0.2, 0.25) is 0 Å². The monoisotopic (exact) mass is 412 g/mol. The van der Waals surface area contributed by atoms with Crippen LogP contribution in [-0.4, -0.2) is 42.6 Å². The average Bonchev–Trinajstić information content (AvgIpc) is 2.75. The lowest BCUT2D eigenvalue weighted by atomic mass is 9.76. The first-order valence-corrected chi connectivity index (χ1v) is 10.5. The van der Waals surface area contributed by atoms with Crippen LogP contribution in [0.3, 0.4) is 0 Å². The minimum Gasteiger partial charge on any atom is -0.381 e. The van der Waals surface area contributed by atoms with Crippen LogP contribution in [0.25, 0.3) is 0 Å². The zero-order valence-electron chi connectivity index (χ0n) is 17.6. The van der Waals surface area contributed by atoms with Crippen molar-refractivity contribution in [3.05, 3.63) is 47.8 Å². The van der Waals surface area contributed by atoms with Gasteiger partial charge in [-0.05, 0) is 37.8 Å². The number of ether oxygens (including phenoxy) is 4. The maximum absolute atomic E-state index is 12.7. The van der Waals surface area contributed by atoms with E-state index < -0.39 is 6.16 Å². The molecule has 30 heavy (non-hydrogen) atoms. The van der Waals surface area contributed by atoms with Crippen molar-refractivity contribution < 1.29 is 23.7 Å². The van der Waals surface area contributed by atoms with Crippen molar-refractivity contribution in [1.29, 1.82) is 0 Å². The standard InChI is InChI=1S/C23H28N2O5/c1-22(7-13-27-14-8-22)17-5-3-11-24-19(17)29-21(26)30-20-18(6-4-12-25-20)23(2)9-15-28-16-10-23/h3-6,11-12H,7-10,13-16H2,1-2H3. The minimum absolute atomic E-state index is 0.159. The quantitative estimate of drug-likeness (QED) is 0.697. The van der Waals surface area contributed by atoms with Crippen LogP contribution in [-0.2, 0) is 20.3 Å². The van der Waals surface area contributed by atoms with Crippen LogP contribution in [0.15, 0.2) is 36.7 Å². The van der Waals surface area contributed by atoms with E-state index in [1.165, 1.54) is 0 Å². The molecule has 2 saturated heterocycles. The number of carbonyl (C=O) groups excluding carboxylic acids is 1. The fourth-order valence-electron chi connectivity index (χ4n) is 4.22. The van der Waals surface area contributed by atoms with E-state index >= 15 is 0 Å². The molecule has 0 spiro atoms. The summed E-state index contributed by atoms with van der Waals surface area (Å²) in [7, 11) is 0. The van der Waals surface area contributed by atoms with Crippen LogP contribution in [0.4, 0.5) is 4.79 Å². The lowest BCUT2D eigenvalue weighted by molar-refractivity contribution is 0.0547. The Morgan fingerprint density at radius 2 is 1.20 bits per heavy atom. The second-order valence-corrected chi connectivity index (χ2v) is 8.51. The van der Waals surface area contributed by atoms with E-state index in [-0.39, 0.29) is 22.6 Å². The molecule has 4 heterocycles. The number of hydrogen-bond donors (Lipinski definition) is 0. The molecule has 0 radical (unpaired) electrons. The summed E-state index contributed by atoms with van der Waals surface area (Å²) in [5.41, 5.74) is 1.47. The van der Waals surface area contributed by atoms with Crippen molar-refractivity contribution in [1.82, 2.24) is 9.97 Å². The normalized spacial score (nSPS) is 20.3. The summed E-state index contributed by atoms with van der Waals surface area (Å²) in [5, 5.41) is 0. The first-order chi connectivity index (χ1) is 14.5. The lowest BCUT2D eigenvalue weighted by Gasteiger charge is -2.34. The van der Waals surface area contributed by atoms with Crippen molar-refractivity contribution in [2.45, 2.75) is 50.4 Å². The summed E-state index contributed by atoms with van der Waals surface area (Å²) in [6.45, 7) is 6.99. The first kappa shape index (κ1) is 20.8. The van der Waals surface area contributed by atoms with Crippen molar-refractivity contribution in [2.24, 2.45) is 0 Å². The molecule has 2 aromatic heterocycles. The molecule has 0 bridgehead atoms. The largest absolute Gasteiger partial charge is 0.522 e. The molecule has 0 N–H and O–H groups in total. The van der Waals surface area contributed by atoms with Gasteiger partial charge in [-0.1, -0.05) is 26.0 Å². The smallest absolute Gasteiger partial charge is 0.381 e. The number of carbonyl (C=O) groups is 1. The maximum Gasteiger partial charge on any atom is 0.522 e. The summed E-state index contributed by atoms with van der Waals surface area (Å²) in [6.07, 6.45) is 5.77. The maximum atomic E-state index is 12.7. The molecule has 2 aliphatic heterocycles. The highest BCUT2D eigenvalue weighted by atomic mass is 16.7. The van der Waals surface area contributed by atoms with Gasteiger partial charge in [-0.15, -0.1) is 0 Å². The van der Waals surface area contributed by atoms with Crippen molar-refractivity contribution >= 4 is 6.16 Å². The Balaban J connectivity index is 1.53. The van der Waals surface area contributed by atoms with E-state index in [0.29, 0.717) is 26.4 Å². The van der Waals surface area contributed by atoms with E-state index in [0.717, 1.165) is 36.8 Å². The van der Waals surface area contributed by atoms with Gasteiger partial charge in [0.2, 0.25) is 11.8 Å². The molecule has 0 unspecified atom stereocenters. The van der Waals surface area contributed by atoms with Crippen LogP contribution in [0.5, 0.6) is 11.8 Å². The third-order valence-electron chi connectivity index (χ3n) is 6.40. The molecule has 0 aliphatic carbocycles. The predicted octanol–water partition coefficient (Wildman–Crippen LogP) is 4.19. The van der Waals surface area contributed by atoms with Crippen LogP contribution >= 0.6 is 0 Å². The van der Waals surface area contributed by atoms with Gasteiger partial charge in [0.15, 0.2) is 0 Å². The minimum atomic E-state index is -0.832. The Hall–Kier alpha value is -2.51. The molecule has 0 saturated carbocycles. The van der Waals surface area contributed by atoms with Crippen LogP contribution in [0.1, 0.15) is 50.7 Å². The zero-order valence-corrected chi connectivity index (χ0v) is 17.6. The second-order valence-electron chi connectivity index (χ2n) is 8.51. The Kier molecular flexibility index (Phi) is 6.01. The number of aromatic nitrogens is 2. The fraction of sp³-hybridized carbons (Fsp3) is 0.522. The molecule has 4 rings (SSSR count). The third kappa shape index (κ3) is 4.32. The predicted molar refractivity (Wildman–Crippen MR) is 110 cm³/mol. The molecule has 160 valence electrons. The highest BCUT2D eigenvalue weighted by Gasteiger charge is 2.35. The van der Waals surface area contributed by atoms with Gasteiger partial charge in [-0.2, -0.15) is 0 Å². The van der Waals surface area contributed by atoms with Gasteiger partial charge in [-0.3, -0.25) is 0 Å². The third-order valence-corrected chi connectivity index (χ3v) is 6.40. The molecule has 2 fully saturated rings. The molecule has 7 heteroatoms. The fourth-order valence-corrected chi connectivity index (χ4v) is 4.22. The summed E-state index contributed by atoms with van der Waals surface area (Å²) in [6, 6.07) is 7.63. The molecule has 2 aromatic rings. The first-order valence-electron chi connectivity index (χ1n) is 10.5. The van der Waals surface area contributed by atoms with Crippen LogP contribution < -0.4 is 9.47 Å². The van der Waals surface area contributed by atoms with Gasteiger partial charge in [0, 0.05) is 60.8 Å². The van der Waals surface area contributed by atoms with Gasteiger partial charge in [-0.25, -0.2) is 14.8 Å². The Morgan fingerprint density at radius 1 is 0.800 bits per heavy atom. The number of rotatable bonds is 4. The summed E-state index contributed by atoms with van der Waals surface area (Å²) in [5.74, 6) is 0.559. The second kappa shape index (κ2) is 8.70. The average molecular weight is 412 g/mol. The molecule has 0 amide bonds. The van der Waals surface area contributed by atoms with Gasteiger partial charge >= 0.3 is 6.16 Å². The summed E-state index contributed by atoms with van der Waals surface area (Å²) in [4.78, 5) is 21.3. The summed E-state index contributed by atoms with van der Waals surface area (Å²) < 4.78 is 22.1. The lowest BCUT2D eigenvalue weighted by Crippen LogP contribution is -2.32. The Morgan fingerprint density at radius 3 is 1.60 bits per heavy atom. The Labute approximate surface area is 176 Å². The van der Waals surface area contributed by atoms with Crippen LogP contribution in [0, 0.1) is 0 Å². The van der Waals surface area contributed by atoms with E-state index in [1.807, 2.05) is 24.3 Å². The van der Waals surface area contributed by atoms with E-state index in [9.17, 15) is 4.79 Å². The van der Waals surface area contributed by atoms with Crippen molar-refractivity contribution in [2.75, 3.05) is 26.4 Å². The van der Waals surface area contributed by atoms with Gasteiger partial charge in [0.25, 0.3) is 0 Å². The molecule has 7 nitrogen and oxygen atoms in total. The summed E-state index contributed by atoms with van der Waals surface area (Å²) >= 11 is 0. The number of nitrogens with zero attached hydrogens (tertiary/aromatic N) is 2.